The van der Waals surface area contributed by atoms with E-state index >= 15 is 0 Å². The van der Waals surface area contributed by atoms with Gasteiger partial charge in [-0.3, -0.25) is 0 Å². The lowest BCUT2D eigenvalue weighted by molar-refractivity contribution is -0.139. The van der Waals surface area contributed by atoms with Gasteiger partial charge in [0.2, 0.25) is 0 Å². The van der Waals surface area contributed by atoms with Crippen molar-refractivity contribution < 1.29 is 19.1 Å². The summed E-state index contributed by atoms with van der Waals surface area (Å²) in [6.07, 6.45) is 14.1. The molecule has 1 aliphatic rings. The lowest BCUT2D eigenvalue weighted by Gasteiger charge is -2.22. The van der Waals surface area contributed by atoms with Gasteiger partial charge in [-0.25, -0.2) is 9.59 Å². The van der Waals surface area contributed by atoms with Crippen LogP contribution in [0, 0.1) is 0 Å². The Balaban J connectivity index is 2.37. The predicted molar refractivity (Wildman–Crippen MR) is 122 cm³/mol. The van der Waals surface area contributed by atoms with E-state index in [2.05, 4.69) is 19.2 Å². The number of hydrogen-bond donors (Lipinski definition) is 1. The van der Waals surface area contributed by atoms with Gasteiger partial charge in [0.05, 0.1) is 24.4 Å². The van der Waals surface area contributed by atoms with Crippen molar-refractivity contribution in [2.75, 3.05) is 13.2 Å². The molecule has 1 heterocycles. The van der Waals surface area contributed by atoms with Gasteiger partial charge in [-0.2, -0.15) is 0 Å². The van der Waals surface area contributed by atoms with E-state index in [1.54, 1.807) is 0 Å². The summed E-state index contributed by atoms with van der Waals surface area (Å²) >= 11 is 0. The molecular formula is C25H43NO4. The molecule has 5 nitrogen and oxygen atoms in total. The fourth-order valence-electron chi connectivity index (χ4n) is 3.59. The van der Waals surface area contributed by atoms with E-state index in [4.69, 9.17) is 9.47 Å². The zero-order valence-electron chi connectivity index (χ0n) is 19.7. The van der Waals surface area contributed by atoms with Crippen LogP contribution in [-0.2, 0) is 19.1 Å². The van der Waals surface area contributed by atoms with Crippen LogP contribution in [-0.4, -0.2) is 25.2 Å². The molecule has 0 bridgehead atoms. The molecule has 0 aliphatic carbocycles. The van der Waals surface area contributed by atoms with Crippen LogP contribution in [0.5, 0.6) is 0 Å². The van der Waals surface area contributed by atoms with Crippen LogP contribution in [0.25, 0.3) is 0 Å². The van der Waals surface area contributed by atoms with E-state index in [0.29, 0.717) is 24.4 Å². The molecule has 0 aromatic carbocycles. The SMILES string of the molecule is CCCCCCCCOC(=O)C1=C(C)NC(C)=C(C(=O)OCCCCCCCC)C1. The van der Waals surface area contributed by atoms with E-state index in [-0.39, 0.29) is 18.4 Å². The van der Waals surface area contributed by atoms with E-state index in [9.17, 15) is 9.59 Å². The molecule has 0 aromatic rings. The van der Waals surface area contributed by atoms with Crippen molar-refractivity contribution in [3.05, 3.63) is 22.5 Å². The Morgan fingerprint density at radius 2 is 1.03 bits per heavy atom. The molecule has 0 saturated heterocycles. The minimum Gasteiger partial charge on any atom is -0.462 e. The number of rotatable bonds is 16. The molecule has 0 unspecified atom stereocenters. The smallest absolute Gasteiger partial charge is 0.336 e. The summed E-state index contributed by atoms with van der Waals surface area (Å²) in [7, 11) is 0. The Labute approximate surface area is 183 Å². The van der Waals surface area contributed by atoms with Crippen LogP contribution in [0.3, 0.4) is 0 Å². The van der Waals surface area contributed by atoms with Crippen molar-refractivity contribution in [3.8, 4) is 0 Å². The number of carbonyl (C=O) groups excluding carboxylic acids is 2. The summed E-state index contributed by atoms with van der Waals surface area (Å²) in [4.78, 5) is 25.0. The molecule has 0 saturated carbocycles. The van der Waals surface area contributed by atoms with Crippen LogP contribution in [0.4, 0.5) is 0 Å². The minimum atomic E-state index is -0.331. The van der Waals surface area contributed by atoms with Crippen LogP contribution in [0.15, 0.2) is 22.5 Å². The maximum atomic E-state index is 12.5. The number of unbranched alkanes of at least 4 members (excludes halogenated alkanes) is 10. The second-order valence-corrected chi connectivity index (χ2v) is 8.32. The van der Waals surface area contributed by atoms with Crippen LogP contribution in [0.1, 0.15) is 111 Å². The largest absolute Gasteiger partial charge is 0.462 e. The first-order valence-corrected chi connectivity index (χ1v) is 12.0. The quantitative estimate of drug-likeness (QED) is 0.233. The van der Waals surface area contributed by atoms with Gasteiger partial charge in [0, 0.05) is 17.8 Å². The minimum absolute atomic E-state index is 0.273. The number of dihydropyridines is 1. The number of nitrogens with one attached hydrogen (secondary N) is 1. The maximum absolute atomic E-state index is 12.5. The monoisotopic (exact) mass is 421 g/mol. The third kappa shape index (κ3) is 10.3. The summed E-state index contributed by atoms with van der Waals surface area (Å²) < 4.78 is 10.9. The number of allylic oxidation sites excluding steroid dienone is 2. The Kier molecular flexibility index (Phi) is 14.0. The highest BCUT2D eigenvalue weighted by Gasteiger charge is 2.26. The van der Waals surface area contributed by atoms with Gasteiger partial charge in [0.15, 0.2) is 0 Å². The molecule has 0 radical (unpaired) electrons. The first kappa shape index (κ1) is 26.3. The molecule has 1 rings (SSSR count). The van der Waals surface area contributed by atoms with Crippen molar-refractivity contribution in [2.45, 2.75) is 111 Å². The highest BCUT2D eigenvalue weighted by Crippen LogP contribution is 2.25. The summed E-state index contributed by atoms with van der Waals surface area (Å²) in [6.45, 7) is 8.97. The summed E-state index contributed by atoms with van der Waals surface area (Å²) in [5.41, 5.74) is 2.57. The van der Waals surface area contributed by atoms with Gasteiger partial charge in [0.25, 0.3) is 0 Å². The lowest BCUT2D eigenvalue weighted by atomic mass is 9.98. The predicted octanol–water partition coefficient (Wildman–Crippen LogP) is 6.34. The molecule has 0 atom stereocenters. The number of esters is 2. The fraction of sp³-hybridized carbons (Fsp3) is 0.760. The van der Waals surface area contributed by atoms with Crippen LogP contribution >= 0.6 is 0 Å². The molecular weight excluding hydrogens is 378 g/mol. The average Bonchev–Trinajstić information content (AvgIpc) is 2.72. The summed E-state index contributed by atoms with van der Waals surface area (Å²) in [5, 5.41) is 3.15. The Hall–Kier alpha value is -1.78. The molecule has 0 fully saturated rings. The molecule has 30 heavy (non-hydrogen) atoms. The van der Waals surface area contributed by atoms with E-state index in [1.165, 1.54) is 51.4 Å². The van der Waals surface area contributed by atoms with Crippen molar-refractivity contribution >= 4 is 11.9 Å². The molecule has 0 amide bonds. The Morgan fingerprint density at radius 3 is 1.43 bits per heavy atom. The third-order valence-electron chi connectivity index (χ3n) is 5.59. The highest BCUT2D eigenvalue weighted by atomic mass is 16.5. The van der Waals surface area contributed by atoms with Gasteiger partial charge in [-0.15, -0.1) is 0 Å². The number of ether oxygens (including phenoxy) is 2. The first-order valence-electron chi connectivity index (χ1n) is 12.0. The molecule has 5 heteroatoms. The van der Waals surface area contributed by atoms with Crippen molar-refractivity contribution in [3.63, 3.8) is 0 Å². The van der Waals surface area contributed by atoms with Gasteiger partial charge in [-0.05, 0) is 26.7 Å². The van der Waals surface area contributed by atoms with Crippen molar-refractivity contribution in [2.24, 2.45) is 0 Å². The van der Waals surface area contributed by atoms with E-state index in [0.717, 1.165) is 37.1 Å². The number of carbonyl (C=O) groups is 2. The molecule has 1 aliphatic heterocycles. The van der Waals surface area contributed by atoms with E-state index in [1.807, 2.05) is 13.8 Å². The first-order chi connectivity index (χ1) is 14.5. The van der Waals surface area contributed by atoms with Gasteiger partial charge >= 0.3 is 11.9 Å². The van der Waals surface area contributed by atoms with Gasteiger partial charge < -0.3 is 14.8 Å². The van der Waals surface area contributed by atoms with Crippen LogP contribution < -0.4 is 5.32 Å². The zero-order chi connectivity index (χ0) is 22.2. The summed E-state index contributed by atoms with van der Waals surface area (Å²) in [5.74, 6) is -0.662. The molecule has 0 aromatic heterocycles. The van der Waals surface area contributed by atoms with Crippen molar-refractivity contribution in [1.29, 1.82) is 0 Å². The summed E-state index contributed by atoms with van der Waals surface area (Å²) in [6, 6.07) is 0. The Morgan fingerprint density at radius 1 is 0.667 bits per heavy atom. The zero-order valence-corrected chi connectivity index (χ0v) is 19.7. The normalized spacial score (nSPS) is 14.0. The van der Waals surface area contributed by atoms with Gasteiger partial charge in [0.1, 0.15) is 0 Å². The Bertz CT molecular complexity index is 542. The molecule has 0 spiro atoms. The standard InChI is InChI=1S/C25H43NO4/c1-5-7-9-11-13-15-17-29-24(27)22-19-23(21(4)26-20(22)3)25(28)30-18-16-14-12-10-8-6-2/h26H,5-19H2,1-4H3. The molecule has 1 N–H and O–H groups in total. The molecule has 172 valence electrons. The third-order valence-corrected chi connectivity index (χ3v) is 5.59. The lowest BCUT2D eigenvalue weighted by Crippen LogP contribution is -2.27. The highest BCUT2D eigenvalue weighted by molar-refractivity contribution is 5.96. The topological polar surface area (TPSA) is 64.6 Å². The van der Waals surface area contributed by atoms with Gasteiger partial charge in [-0.1, -0.05) is 78.1 Å². The van der Waals surface area contributed by atoms with Crippen molar-refractivity contribution in [1.82, 2.24) is 5.32 Å². The van der Waals surface area contributed by atoms with Crippen LogP contribution in [0.2, 0.25) is 0 Å². The van der Waals surface area contributed by atoms with E-state index < -0.39 is 0 Å². The maximum Gasteiger partial charge on any atom is 0.336 e. The number of hydrogen-bond acceptors (Lipinski definition) is 5. The average molecular weight is 422 g/mol. The fourth-order valence-corrected chi connectivity index (χ4v) is 3.59. The second kappa shape index (κ2) is 16.0. The second-order valence-electron chi connectivity index (χ2n) is 8.32.